The van der Waals surface area contributed by atoms with E-state index in [9.17, 15) is 0 Å². The van der Waals surface area contributed by atoms with E-state index in [-0.39, 0.29) is 0 Å². The van der Waals surface area contributed by atoms with Crippen LogP contribution in [0.15, 0.2) is 149 Å². The van der Waals surface area contributed by atoms with Gasteiger partial charge >= 0.3 is 0 Å². The Morgan fingerprint density at radius 3 is 2.17 bits per heavy atom. The molecule has 0 saturated heterocycles. The highest BCUT2D eigenvalue weighted by Crippen LogP contribution is 2.49. The number of rotatable bonds is 2. The van der Waals surface area contributed by atoms with Gasteiger partial charge in [0.05, 0.1) is 11.0 Å². The van der Waals surface area contributed by atoms with E-state index in [1.54, 1.807) is 0 Å². The maximum Gasteiger partial charge on any atom is 0.0547 e. The van der Waals surface area contributed by atoms with Gasteiger partial charge in [-0.15, -0.1) is 0 Å². The van der Waals surface area contributed by atoms with Crippen molar-refractivity contribution in [2.45, 2.75) is 9.79 Å². The highest BCUT2D eigenvalue weighted by atomic mass is 32.2. The summed E-state index contributed by atoms with van der Waals surface area (Å²) in [5.74, 6) is 0. The van der Waals surface area contributed by atoms with Gasteiger partial charge < -0.3 is 4.57 Å². The molecular weight excluding hydrogens is 502 g/mol. The zero-order chi connectivity index (χ0) is 26.2. The Labute approximate surface area is 236 Å². The molecule has 0 amide bonds. The minimum absolute atomic E-state index is 1.19. The molecule has 9 rings (SSSR count). The summed E-state index contributed by atoms with van der Waals surface area (Å²) in [6, 6.07) is 51.3. The van der Waals surface area contributed by atoms with Crippen LogP contribution in [0.2, 0.25) is 0 Å². The minimum atomic E-state index is 1.19. The van der Waals surface area contributed by atoms with Crippen LogP contribution in [0, 0.1) is 0 Å². The number of benzene rings is 7. The van der Waals surface area contributed by atoms with Crippen LogP contribution >= 0.6 is 11.8 Å². The van der Waals surface area contributed by atoms with Gasteiger partial charge in [-0.2, -0.15) is 0 Å². The largest absolute Gasteiger partial charge is 0.309 e. The molecule has 2 heterocycles. The molecule has 186 valence electrons. The zero-order valence-corrected chi connectivity index (χ0v) is 22.5. The summed E-state index contributed by atoms with van der Waals surface area (Å²) in [7, 11) is 0. The molecule has 1 nitrogen and oxygen atoms in total. The van der Waals surface area contributed by atoms with Crippen molar-refractivity contribution in [1.82, 2.24) is 4.57 Å². The van der Waals surface area contributed by atoms with Gasteiger partial charge in [0.1, 0.15) is 0 Å². The second-order valence-corrected chi connectivity index (χ2v) is 11.6. The number of para-hydroxylation sites is 2. The van der Waals surface area contributed by atoms with Crippen LogP contribution in [0.5, 0.6) is 0 Å². The predicted octanol–water partition coefficient (Wildman–Crippen LogP) is 10.9. The first kappa shape index (κ1) is 22.1. The molecule has 7 aromatic carbocycles. The van der Waals surface area contributed by atoms with Crippen LogP contribution < -0.4 is 0 Å². The van der Waals surface area contributed by atoms with Gasteiger partial charge in [0.2, 0.25) is 0 Å². The lowest BCUT2D eigenvalue weighted by atomic mass is 9.91. The Hall–Kier alpha value is -4.79. The molecule has 0 spiro atoms. The third-order valence-corrected chi connectivity index (χ3v) is 9.49. The lowest BCUT2D eigenvalue weighted by molar-refractivity contribution is 1.18. The molecule has 0 radical (unpaired) electrons. The molecule has 0 fully saturated rings. The second kappa shape index (κ2) is 8.35. The first-order chi connectivity index (χ1) is 19.8. The lowest BCUT2D eigenvalue weighted by Gasteiger charge is -2.21. The number of hydrogen-bond acceptors (Lipinski definition) is 1. The van der Waals surface area contributed by atoms with Gasteiger partial charge in [-0.1, -0.05) is 103 Å². The molecule has 0 atom stereocenters. The topological polar surface area (TPSA) is 4.93 Å². The van der Waals surface area contributed by atoms with E-state index in [1.807, 2.05) is 11.8 Å². The van der Waals surface area contributed by atoms with Crippen molar-refractivity contribution in [2.24, 2.45) is 0 Å². The SMILES string of the molecule is c1ccc(-n2c3ccccc3c3cc4ccc(-c5ccc6c7c(cccc57)-c5ccccc5S6)cc4cc32)cc1. The summed E-state index contributed by atoms with van der Waals surface area (Å²) in [5, 5.41) is 7.77. The number of hydrogen-bond donors (Lipinski definition) is 0. The Balaban J connectivity index is 1.29. The van der Waals surface area contributed by atoms with Crippen molar-refractivity contribution in [3.05, 3.63) is 140 Å². The van der Waals surface area contributed by atoms with Crippen LogP contribution in [0.3, 0.4) is 0 Å². The van der Waals surface area contributed by atoms with E-state index in [0.717, 1.165) is 0 Å². The van der Waals surface area contributed by atoms with Crippen molar-refractivity contribution in [3.8, 4) is 27.9 Å². The Bertz CT molecular complexity index is 2290. The van der Waals surface area contributed by atoms with E-state index >= 15 is 0 Å². The lowest BCUT2D eigenvalue weighted by Crippen LogP contribution is -1.94. The third kappa shape index (κ3) is 3.11. The fraction of sp³-hybridized carbons (Fsp3) is 0. The zero-order valence-electron chi connectivity index (χ0n) is 21.6. The van der Waals surface area contributed by atoms with E-state index in [0.29, 0.717) is 0 Å². The number of aromatic nitrogens is 1. The summed E-state index contributed by atoms with van der Waals surface area (Å²) in [6.45, 7) is 0. The predicted molar refractivity (Wildman–Crippen MR) is 171 cm³/mol. The van der Waals surface area contributed by atoms with Crippen molar-refractivity contribution in [2.75, 3.05) is 0 Å². The Morgan fingerprint density at radius 1 is 0.425 bits per heavy atom. The summed E-state index contributed by atoms with van der Waals surface area (Å²) < 4.78 is 2.40. The molecule has 40 heavy (non-hydrogen) atoms. The van der Waals surface area contributed by atoms with E-state index in [4.69, 9.17) is 0 Å². The third-order valence-electron chi connectivity index (χ3n) is 8.36. The van der Waals surface area contributed by atoms with Gasteiger partial charge in [-0.05, 0) is 86.9 Å². The first-order valence-corrected chi connectivity index (χ1v) is 14.5. The molecule has 0 N–H and O–H groups in total. The van der Waals surface area contributed by atoms with Crippen LogP contribution in [-0.2, 0) is 0 Å². The standard InChI is InChI=1S/C38H23NS/c1-2-9-27(10-3-1)39-34-15-6-4-11-29(34)33-22-24-17-18-25(21-26(24)23-35(33)39)28-19-20-37-38-31(28)13-8-14-32(38)30-12-5-7-16-36(30)40-37/h1-23H. The molecule has 0 bridgehead atoms. The van der Waals surface area contributed by atoms with E-state index in [1.165, 1.54) is 81.1 Å². The molecule has 0 aliphatic carbocycles. The van der Waals surface area contributed by atoms with Crippen LogP contribution in [0.25, 0.3) is 71.3 Å². The van der Waals surface area contributed by atoms with Gasteiger partial charge in [0, 0.05) is 31.6 Å². The molecule has 2 heteroatoms. The second-order valence-electron chi connectivity index (χ2n) is 10.6. The molecule has 1 aliphatic rings. The van der Waals surface area contributed by atoms with Crippen molar-refractivity contribution < 1.29 is 0 Å². The van der Waals surface area contributed by atoms with Gasteiger partial charge in [0.25, 0.3) is 0 Å². The summed E-state index contributed by atoms with van der Waals surface area (Å²) in [5.41, 5.74) is 8.86. The highest BCUT2D eigenvalue weighted by molar-refractivity contribution is 7.99. The molecular formula is C38H23NS. The van der Waals surface area contributed by atoms with E-state index in [2.05, 4.69) is 144 Å². The normalized spacial score (nSPS) is 12.4. The van der Waals surface area contributed by atoms with Crippen molar-refractivity contribution >= 4 is 55.1 Å². The van der Waals surface area contributed by atoms with Crippen LogP contribution in [0.1, 0.15) is 0 Å². The van der Waals surface area contributed by atoms with Gasteiger partial charge in [-0.3, -0.25) is 0 Å². The first-order valence-electron chi connectivity index (χ1n) is 13.7. The van der Waals surface area contributed by atoms with Crippen molar-refractivity contribution in [1.29, 1.82) is 0 Å². The molecule has 8 aromatic rings. The van der Waals surface area contributed by atoms with Gasteiger partial charge in [-0.25, -0.2) is 0 Å². The maximum absolute atomic E-state index is 2.40. The maximum atomic E-state index is 2.40. The average molecular weight is 526 g/mol. The minimum Gasteiger partial charge on any atom is -0.309 e. The quantitative estimate of drug-likeness (QED) is 0.217. The molecule has 1 aliphatic heterocycles. The summed E-state index contributed by atoms with van der Waals surface area (Å²) in [6.07, 6.45) is 0. The van der Waals surface area contributed by atoms with Crippen LogP contribution in [0.4, 0.5) is 0 Å². The van der Waals surface area contributed by atoms with Crippen molar-refractivity contribution in [3.63, 3.8) is 0 Å². The molecule has 0 unspecified atom stereocenters. The average Bonchev–Trinajstić information content (AvgIpc) is 3.33. The molecule has 0 saturated carbocycles. The molecule has 1 aromatic heterocycles. The van der Waals surface area contributed by atoms with Crippen LogP contribution in [-0.4, -0.2) is 4.57 Å². The Kier molecular flexibility index (Phi) is 4.61. The summed E-state index contributed by atoms with van der Waals surface area (Å²) in [4.78, 5) is 2.67. The smallest absolute Gasteiger partial charge is 0.0547 e. The van der Waals surface area contributed by atoms with E-state index < -0.39 is 0 Å². The summed E-state index contributed by atoms with van der Waals surface area (Å²) >= 11 is 1.88. The van der Waals surface area contributed by atoms with Gasteiger partial charge in [0.15, 0.2) is 0 Å². The number of nitrogens with zero attached hydrogens (tertiary/aromatic N) is 1. The highest BCUT2D eigenvalue weighted by Gasteiger charge is 2.20. The number of fused-ring (bicyclic) bond motifs is 6. The fourth-order valence-electron chi connectivity index (χ4n) is 6.57. The fourth-order valence-corrected chi connectivity index (χ4v) is 7.70. The monoisotopic (exact) mass is 525 g/mol. The Morgan fingerprint density at radius 2 is 1.23 bits per heavy atom.